The zero-order chi connectivity index (χ0) is 22.5. The van der Waals surface area contributed by atoms with E-state index in [2.05, 4.69) is 25.8 Å². The molecule has 160 valence electrons. The number of hydrogen-bond donors (Lipinski definition) is 1. The molecule has 0 radical (unpaired) electrons. The number of carbonyl (C=O) groups excluding carboxylic acids is 1. The molecule has 2 aromatic carbocycles. The molecule has 2 heterocycles. The maximum atomic E-state index is 12.9. The van der Waals surface area contributed by atoms with Gasteiger partial charge in [-0.15, -0.1) is 5.10 Å². The number of aromatic nitrogens is 4. The van der Waals surface area contributed by atoms with Crippen LogP contribution in [0, 0.1) is 12.7 Å². The van der Waals surface area contributed by atoms with E-state index in [4.69, 9.17) is 11.6 Å². The van der Waals surface area contributed by atoms with Crippen LogP contribution < -0.4 is 5.43 Å². The van der Waals surface area contributed by atoms with Crippen LogP contribution in [0.3, 0.4) is 0 Å². The van der Waals surface area contributed by atoms with Crippen LogP contribution >= 0.6 is 11.6 Å². The quantitative estimate of drug-likeness (QED) is 0.271. The molecule has 4 rings (SSSR count). The molecule has 32 heavy (non-hydrogen) atoms. The predicted molar refractivity (Wildman–Crippen MR) is 120 cm³/mol. The first kappa shape index (κ1) is 21.3. The third-order valence-electron chi connectivity index (χ3n) is 4.65. The lowest BCUT2D eigenvalue weighted by Gasteiger charge is -2.07. The van der Waals surface area contributed by atoms with E-state index in [-0.39, 0.29) is 0 Å². The van der Waals surface area contributed by atoms with E-state index in [1.807, 2.05) is 37.3 Å². The van der Waals surface area contributed by atoms with Gasteiger partial charge in [0.1, 0.15) is 16.7 Å². The fourth-order valence-corrected chi connectivity index (χ4v) is 3.12. The van der Waals surface area contributed by atoms with E-state index < -0.39 is 11.7 Å². The molecule has 0 bridgehead atoms. The van der Waals surface area contributed by atoms with Crippen molar-refractivity contribution in [2.75, 3.05) is 0 Å². The smallest absolute Gasteiger partial charge is 0.267 e. The molecule has 7 nitrogen and oxygen atoms in total. The average molecular weight is 449 g/mol. The maximum Gasteiger partial charge on any atom is 0.271 e. The van der Waals surface area contributed by atoms with Gasteiger partial charge < -0.3 is 0 Å². The second kappa shape index (κ2) is 9.49. The third-order valence-corrected chi connectivity index (χ3v) is 4.99. The molecule has 0 aliphatic carbocycles. The minimum Gasteiger partial charge on any atom is -0.267 e. The summed E-state index contributed by atoms with van der Waals surface area (Å²) in [6.45, 7) is 2.41. The molecule has 0 saturated carbocycles. The van der Waals surface area contributed by atoms with Crippen molar-refractivity contribution in [2.45, 2.75) is 13.5 Å². The highest BCUT2D eigenvalue weighted by Crippen LogP contribution is 2.24. The summed E-state index contributed by atoms with van der Waals surface area (Å²) in [6.07, 6.45) is 4.77. The summed E-state index contributed by atoms with van der Waals surface area (Å²) in [5.74, 6) is -0.874. The summed E-state index contributed by atoms with van der Waals surface area (Å²) in [7, 11) is 0. The number of benzene rings is 2. The molecule has 0 aliphatic rings. The Labute approximate surface area is 188 Å². The Hall–Kier alpha value is -3.91. The summed E-state index contributed by atoms with van der Waals surface area (Å²) in [5, 5.41) is 12.3. The predicted octanol–water partition coefficient (Wildman–Crippen LogP) is 4.25. The third kappa shape index (κ3) is 5.22. The van der Waals surface area contributed by atoms with Crippen LogP contribution in [0.4, 0.5) is 4.39 Å². The first-order valence-corrected chi connectivity index (χ1v) is 10.1. The number of halogens is 2. The molecule has 1 amide bonds. The van der Waals surface area contributed by atoms with Crippen LogP contribution in [0.5, 0.6) is 0 Å². The van der Waals surface area contributed by atoms with Crippen molar-refractivity contribution >= 4 is 23.7 Å². The number of hydrazone groups is 1. The number of carbonyl (C=O) groups is 1. The highest BCUT2D eigenvalue weighted by atomic mass is 35.5. The van der Waals surface area contributed by atoms with Gasteiger partial charge in [-0.05, 0) is 42.8 Å². The Kier molecular flexibility index (Phi) is 6.32. The highest BCUT2D eigenvalue weighted by molar-refractivity contribution is 6.30. The van der Waals surface area contributed by atoms with Gasteiger partial charge in [-0.25, -0.2) is 19.5 Å². The van der Waals surface area contributed by atoms with E-state index >= 15 is 0 Å². The Morgan fingerprint density at radius 1 is 1.16 bits per heavy atom. The van der Waals surface area contributed by atoms with Gasteiger partial charge in [-0.1, -0.05) is 46.6 Å². The molecular formula is C23H18ClFN6O. The topological polar surface area (TPSA) is 85.1 Å². The average Bonchev–Trinajstić information content (AvgIpc) is 3.23. The van der Waals surface area contributed by atoms with Crippen LogP contribution in [-0.4, -0.2) is 32.1 Å². The number of nitrogens with one attached hydrogen (secondary N) is 1. The highest BCUT2D eigenvalue weighted by Gasteiger charge is 2.08. The summed E-state index contributed by atoms with van der Waals surface area (Å²) >= 11 is 6.28. The molecule has 0 aliphatic heterocycles. The van der Waals surface area contributed by atoms with Crippen molar-refractivity contribution < 1.29 is 9.18 Å². The molecule has 0 fully saturated rings. The fraction of sp³-hybridized carbons (Fsp3) is 0.0870. The van der Waals surface area contributed by atoms with Gasteiger partial charge in [0.2, 0.25) is 0 Å². The lowest BCUT2D eigenvalue weighted by molar-refractivity contribution is 0.0955. The van der Waals surface area contributed by atoms with Gasteiger partial charge in [0.05, 0.1) is 19.0 Å². The summed E-state index contributed by atoms with van der Waals surface area (Å²) < 4.78 is 14.5. The van der Waals surface area contributed by atoms with Crippen LogP contribution in [0.25, 0.3) is 11.1 Å². The Morgan fingerprint density at radius 2 is 1.91 bits per heavy atom. The zero-order valence-corrected chi connectivity index (χ0v) is 17.8. The van der Waals surface area contributed by atoms with Crippen LogP contribution in [-0.2, 0) is 6.54 Å². The summed E-state index contributed by atoms with van der Waals surface area (Å²) in [6, 6.07) is 15.3. The first-order chi connectivity index (χ1) is 15.5. The Balaban J connectivity index is 1.42. The second-order valence-electron chi connectivity index (χ2n) is 7.09. The van der Waals surface area contributed by atoms with Crippen LogP contribution in [0.15, 0.2) is 72.1 Å². The number of aryl methyl sites for hydroxylation is 1. The maximum absolute atomic E-state index is 12.9. The molecule has 1 N–H and O–H groups in total. The van der Waals surface area contributed by atoms with Gasteiger partial charge in [0.25, 0.3) is 5.91 Å². The molecule has 0 unspecified atom stereocenters. The van der Waals surface area contributed by atoms with Crippen LogP contribution in [0.1, 0.15) is 27.2 Å². The largest absolute Gasteiger partial charge is 0.271 e. The Bertz CT molecular complexity index is 1270. The first-order valence-electron chi connectivity index (χ1n) is 9.68. The summed E-state index contributed by atoms with van der Waals surface area (Å²) in [5.41, 5.74) is 7.08. The molecule has 0 atom stereocenters. The number of hydrogen-bond acceptors (Lipinski definition) is 5. The summed E-state index contributed by atoms with van der Waals surface area (Å²) in [4.78, 5) is 16.3. The van der Waals surface area contributed by atoms with E-state index in [1.54, 1.807) is 17.1 Å². The Morgan fingerprint density at radius 3 is 2.66 bits per heavy atom. The zero-order valence-electron chi connectivity index (χ0n) is 17.0. The lowest BCUT2D eigenvalue weighted by Crippen LogP contribution is -2.17. The monoisotopic (exact) mass is 448 g/mol. The van der Waals surface area contributed by atoms with Crippen LogP contribution in [0.2, 0.25) is 5.15 Å². The van der Waals surface area contributed by atoms with Gasteiger partial charge >= 0.3 is 0 Å². The number of rotatable bonds is 6. The molecule has 9 heteroatoms. The second-order valence-corrected chi connectivity index (χ2v) is 7.44. The van der Waals surface area contributed by atoms with Crippen molar-refractivity contribution in [3.8, 4) is 11.1 Å². The molecular weight excluding hydrogens is 431 g/mol. The van der Waals surface area contributed by atoms with Crippen molar-refractivity contribution in [3.63, 3.8) is 0 Å². The molecule has 4 aromatic rings. The van der Waals surface area contributed by atoms with Gasteiger partial charge in [-0.3, -0.25) is 4.79 Å². The van der Waals surface area contributed by atoms with E-state index in [9.17, 15) is 9.18 Å². The standard InChI is InChI=1S/C23H18ClFN6O/c1-15-2-4-16(5-3-15)18-10-19(22(24)26-11-18)13-31-14-21(28-30-31)12-27-29-23(32)17-6-8-20(25)9-7-17/h2-12,14H,13H2,1H3,(H,29,32)/b27-12+. The van der Waals surface area contributed by atoms with Crippen molar-refractivity contribution in [3.05, 3.63) is 100 Å². The normalized spacial score (nSPS) is 11.1. The van der Waals surface area contributed by atoms with E-state index in [0.717, 1.165) is 16.7 Å². The van der Waals surface area contributed by atoms with E-state index in [0.29, 0.717) is 23.0 Å². The lowest BCUT2D eigenvalue weighted by atomic mass is 10.0. The molecule has 0 saturated heterocycles. The fourth-order valence-electron chi connectivity index (χ4n) is 2.96. The number of amides is 1. The van der Waals surface area contributed by atoms with Gasteiger partial charge in [0.15, 0.2) is 0 Å². The minimum atomic E-state index is -0.459. The van der Waals surface area contributed by atoms with Gasteiger partial charge in [-0.2, -0.15) is 5.10 Å². The van der Waals surface area contributed by atoms with Crippen molar-refractivity contribution in [1.29, 1.82) is 0 Å². The minimum absolute atomic E-state index is 0.294. The number of nitrogens with zero attached hydrogens (tertiary/aromatic N) is 5. The molecule has 0 spiro atoms. The van der Waals surface area contributed by atoms with Crippen molar-refractivity contribution in [1.82, 2.24) is 25.4 Å². The van der Waals surface area contributed by atoms with Gasteiger partial charge in [0, 0.05) is 22.9 Å². The number of pyridine rings is 1. The van der Waals surface area contributed by atoms with E-state index in [1.165, 1.54) is 36.0 Å². The van der Waals surface area contributed by atoms with Crippen molar-refractivity contribution in [2.24, 2.45) is 5.10 Å². The SMILES string of the molecule is Cc1ccc(-c2cnc(Cl)c(Cn3cc(/C=N/NC(=O)c4ccc(F)cc4)nn3)c2)cc1. The molecule has 2 aromatic heterocycles.